The number of nitro benzene ring substituents is 1. The Hall–Kier alpha value is -4.53. The second-order valence-electron chi connectivity index (χ2n) is 8.36. The van der Waals surface area contributed by atoms with E-state index in [-0.39, 0.29) is 35.7 Å². The Morgan fingerprint density at radius 3 is 2.71 bits per heavy atom. The fourth-order valence-electron chi connectivity index (χ4n) is 4.27. The monoisotopic (exact) mass is 477 g/mol. The number of hydrogen-bond donors (Lipinski definition) is 0. The molecule has 0 radical (unpaired) electrons. The molecular formula is C23H23N7O5. The van der Waals surface area contributed by atoms with E-state index >= 15 is 0 Å². The molecule has 2 atom stereocenters. The summed E-state index contributed by atoms with van der Waals surface area (Å²) in [4.78, 5) is 47.7. The van der Waals surface area contributed by atoms with Crippen molar-refractivity contribution in [3.8, 4) is 11.8 Å². The minimum Gasteiger partial charge on any atom is -0.410 e. The standard InChI is InChI=1S/C23H23N7O5/c1-15-8-11-28(20(31)7-10-24)13-19(15)27(2)21-18-9-12-29(22(18)26-14-25-21)23(32)35-17-5-3-16(4-6-17)30(33)34/h3-6,9,12,14-15,19H,7-8,11,13H2,1-2H3/t15-,19+/m1/s1. The Labute approximate surface area is 200 Å². The van der Waals surface area contributed by atoms with Crippen LogP contribution in [0.15, 0.2) is 42.9 Å². The first-order chi connectivity index (χ1) is 16.8. The zero-order chi connectivity index (χ0) is 25.1. The number of nitro groups is 1. The van der Waals surface area contributed by atoms with Gasteiger partial charge in [-0.15, -0.1) is 0 Å². The number of ether oxygens (including phenoxy) is 1. The van der Waals surface area contributed by atoms with Crippen LogP contribution in [-0.4, -0.2) is 62.5 Å². The zero-order valence-corrected chi connectivity index (χ0v) is 19.2. The number of carbonyl (C=O) groups is 2. The molecule has 1 fully saturated rings. The average Bonchev–Trinajstić information content (AvgIpc) is 3.29. The van der Waals surface area contributed by atoms with Crippen molar-refractivity contribution in [1.82, 2.24) is 19.4 Å². The van der Waals surface area contributed by atoms with Gasteiger partial charge in [-0.2, -0.15) is 5.26 Å². The summed E-state index contributed by atoms with van der Waals surface area (Å²) in [5.41, 5.74) is 0.233. The summed E-state index contributed by atoms with van der Waals surface area (Å²) in [7, 11) is 1.88. The van der Waals surface area contributed by atoms with Gasteiger partial charge in [-0.1, -0.05) is 6.92 Å². The molecule has 35 heavy (non-hydrogen) atoms. The van der Waals surface area contributed by atoms with Crippen molar-refractivity contribution in [2.45, 2.75) is 25.8 Å². The van der Waals surface area contributed by atoms with Gasteiger partial charge in [0.2, 0.25) is 5.91 Å². The third-order valence-corrected chi connectivity index (χ3v) is 6.24. The van der Waals surface area contributed by atoms with Crippen molar-refractivity contribution in [3.63, 3.8) is 0 Å². The zero-order valence-electron chi connectivity index (χ0n) is 19.2. The van der Waals surface area contributed by atoms with Gasteiger partial charge < -0.3 is 14.5 Å². The number of piperidine rings is 1. The molecule has 1 aliphatic heterocycles. The largest absolute Gasteiger partial charge is 0.425 e. The van der Waals surface area contributed by atoms with Gasteiger partial charge in [-0.05, 0) is 30.5 Å². The third kappa shape index (κ3) is 4.74. The molecule has 12 nitrogen and oxygen atoms in total. The van der Waals surface area contributed by atoms with E-state index in [9.17, 15) is 19.7 Å². The lowest BCUT2D eigenvalue weighted by Crippen LogP contribution is -2.52. The number of anilines is 1. The number of nitriles is 1. The number of hydrogen-bond acceptors (Lipinski definition) is 9. The number of fused-ring (bicyclic) bond motifs is 1. The van der Waals surface area contributed by atoms with Crippen LogP contribution >= 0.6 is 0 Å². The van der Waals surface area contributed by atoms with Gasteiger partial charge in [0.25, 0.3) is 5.69 Å². The number of carbonyl (C=O) groups excluding carboxylic acids is 2. The number of rotatable bonds is 5. The summed E-state index contributed by atoms with van der Waals surface area (Å²) in [5.74, 6) is 0.839. The van der Waals surface area contributed by atoms with Crippen LogP contribution in [0.3, 0.4) is 0 Å². The summed E-state index contributed by atoms with van der Waals surface area (Å²) in [5, 5.41) is 20.3. The fraction of sp³-hybridized carbons (Fsp3) is 0.348. The number of likely N-dealkylation sites (tertiary alicyclic amines) is 1. The van der Waals surface area contributed by atoms with Crippen molar-refractivity contribution in [2.24, 2.45) is 5.92 Å². The Bertz CT molecular complexity index is 1310. The van der Waals surface area contributed by atoms with Crippen LogP contribution < -0.4 is 9.64 Å². The van der Waals surface area contributed by atoms with Gasteiger partial charge in [-0.25, -0.2) is 19.3 Å². The normalized spacial score (nSPS) is 17.6. The molecule has 12 heteroatoms. The highest BCUT2D eigenvalue weighted by Crippen LogP contribution is 2.30. The minimum atomic E-state index is -0.722. The number of aromatic nitrogens is 3. The van der Waals surface area contributed by atoms with E-state index in [1.807, 2.05) is 18.0 Å². The first kappa shape index (κ1) is 23.6. The first-order valence-electron chi connectivity index (χ1n) is 11.0. The Kier molecular flexibility index (Phi) is 6.59. The molecule has 3 aromatic rings. The SMILES string of the molecule is C[C@@H]1CCN(C(=O)CC#N)C[C@@H]1N(C)c1ncnc2c1ccn2C(=O)Oc1ccc([N+](=O)[O-])cc1. The first-order valence-corrected chi connectivity index (χ1v) is 11.0. The van der Waals surface area contributed by atoms with E-state index < -0.39 is 11.0 Å². The molecule has 0 spiro atoms. The van der Waals surface area contributed by atoms with E-state index in [1.54, 1.807) is 11.0 Å². The molecule has 2 aromatic heterocycles. The fourth-order valence-corrected chi connectivity index (χ4v) is 4.27. The molecule has 180 valence electrons. The molecule has 0 aliphatic carbocycles. The molecule has 3 heterocycles. The number of nitrogens with zero attached hydrogens (tertiary/aromatic N) is 7. The number of amides is 1. The van der Waals surface area contributed by atoms with Gasteiger partial charge in [0.05, 0.1) is 22.4 Å². The molecule has 0 unspecified atom stereocenters. The summed E-state index contributed by atoms with van der Waals surface area (Å²) < 4.78 is 6.59. The van der Waals surface area contributed by atoms with Crippen LogP contribution in [0.4, 0.5) is 16.3 Å². The lowest BCUT2D eigenvalue weighted by molar-refractivity contribution is -0.384. The smallest absolute Gasteiger partial charge is 0.410 e. The lowest BCUT2D eigenvalue weighted by atomic mass is 9.92. The number of benzene rings is 1. The van der Waals surface area contributed by atoms with E-state index in [0.29, 0.717) is 29.9 Å². The van der Waals surface area contributed by atoms with E-state index in [2.05, 4.69) is 16.9 Å². The van der Waals surface area contributed by atoms with Crippen LogP contribution in [-0.2, 0) is 4.79 Å². The molecule has 4 rings (SSSR count). The van der Waals surface area contributed by atoms with Gasteiger partial charge in [0, 0.05) is 38.5 Å². The van der Waals surface area contributed by atoms with Crippen molar-refractivity contribution in [1.29, 1.82) is 5.26 Å². The van der Waals surface area contributed by atoms with Crippen LogP contribution in [0.1, 0.15) is 19.8 Å². The lowest BCUT2D eigenvalue weighted by Gasteiger charge is -2.42. The number of non-ortho nitro benzene ring substituents is 1. The molecule has 1 amide bonds. The minimum absolute atomic E-state index is 0.0418. The molecular weight excluding hydrogens is 454 g/mol. The molecule has 1 aliphatic rings. The highest BCUT2D eigenvalue weighted by Gasteiger charge is 2.33. The van der Waals surface area contributed by atoms with Crippen LogP contribution in [0.2, 0.25) is 0 Å². The molecule has 1 aromatic carbocycles. The quantitative estimate of drug-likeness (QED) is 0.399. The maximum absolute atomic E-state index is 12.8. The summed E-state index contributed by atoms with van der Waals surface area (Å²) in [6.45, 7) is 3.18. The molecule has 0 N–H and O–H groups in total. The van der Waals surface area contributed by atoms with E-state index in [1.165, 1.54) is 41.4 Å². The van der Waals surface area contributed by atoms with Gasteiger partial charge in [0.1, 0.15) is 24.3 Å². The highest BCUT2D eigenvalue weighted by atomic mass is 16.6. The van der Waals surface area contributed by atoms with Crippen molar-refractivity contribution < 1.29 is 19.2 Å². The maximum atomic E-state index is 12.8. The van der Waals surface area contributed by atoms with Crippen molar-refractivity contribution >= 4 is 34.5 Å². The van der Waals surface area contributed by atoms with Gasteiger partial charge >= 0.3 is 6.09 Å². The summed E-state index contributed by atoms with van der Waals surface area (Å²) in [6, 6.07) is 8.78. The summed E-state index contributed by atoms with van der Waals surface area (Å²) in [6.07, 6.45) is 2.80. The number of likely N-dealkylation sites (N-methyl/N-ethyl adjacent to an activating group) is 1. The maximum Gasteiger partial charge on any atom is 0.425 e. The second-order valence-corrected chi connectivity index (χ2v) is 8.36. The van der Waals surface area contributed by atoms with Crippen LogP contribution in [0.25, 0.3) is 11.0 Å². The van der Waals surface area contributed by atoms with Crippen molar-refractivity contribution in [3.05, 3.63) is 53.0 Å². The highest BCUT2D eigenvalue weighted by molar-refractivity contribution is 5.94. The predicted octanol–water partition coefficient (Wildman–Crippen LogP) is 2.97. The Morgan fingerprint density at radius 1 is 1.29 bits per heavy atom. The van der Waals surface area contributed by atoms with E-state index in [4.69, 9.17) is 10.00 Å². The Morgan fingerprint density at radius 2 is 2.03 bits per heavy atom. The van der Waals surface area contributed by atoms with Crippen LogP contribution in [0.5, 0.6) is 5.75 Å². The second kappa shape index (κ2) is 9.76. The molecule has 1 saturated heterocycles. The van der Waals surface area contributed by atoms with Gasteiger partial charge in [-0.3, -0.25) is 14.9 Å². The predicted molar refractivity (Wildman–Crippen MR) is 125 cm³/mol. The summed E-state index contributed by atoms with van der Waals surface area (Å²) >= 11 is 0. The third-order valence-electron chi connectivity index (χ3n) is 6.24. The van der Waals surface area contributed by atoms with Crippen LogP contribution in [0, 0.1) is 27.4 Å². The van der Waals surface area contributed by atoms with E-state index in [0.717, 1.165) is 6.42 Å². The molecule has 0 saturated carbocycles. The van der Waals surface area contributed by atoms with Crippen molar-refractivity contribution in [2.75, 3.05) is 25.0 Å². The van der Waals surface area contributed by atoms with Gasteiger partial charge in [0.15, 0.2) is 5.65 Å². The Balaban J connectivity index is 1.57. The topological polar surface area (TPSA) is 147 Å². The molecule has 0 bridgehead atoms. The average molecular weight is 477 g/mol.